The molecule has 1 saturated heterocycles. The summed E-state index contributed by atoms with van der Waals surface area (Å²) in [6.45, 7) is 6.34. The van der Waals surface area contributed by atoms with Crippen LogP contribution in [0.2, 0.25) is 5.02 Å². The van der Waals surface area contributed by atoms with E-state index in [-0.39, 0.29) is 24.0 Å². The van der Waals surface area contributed by atoms with E-state index in [1.807, 2.05) is 24.3 Å². The van der Waals surface area contributed by atoms with E-state index in [0.29, 0.717) is 12.5 Å². The average molecular weight is 438 g/mol. The van der Waals surface area contributed by atoms with Crippen LogP contribution in [0.15, 0.2) is 29.3 Å². The first-order valence-electron chi connectivity index (χ1n) is 7.50. The molecule has 1 aromatic carbocycles. The molecule has 0 aromatic heterocycles. The summed E-state index contributed by atoms with van der Waals surface area (Å²) in [5.74, 6) is 1.55. The summed E-state index contributed by atoms with van der Waals surface area (Å²) in [4.78, 5) is 6.90. The number of aliphatic imine (C=N–C) groups is 1. The van der Waals surface area contributed by atoms with Gasteiger partial charge in [-0.3, -0.25) is 0 Å². The van der Waals surface area contributed by atoms with Crippen LogP contribution in [0, 0.1) is 5.92 Å². The van der Waals surface area contributed by atoms with Crippen LogP contribution in [0.25, 0.3) is 0 Å². The third-order valence-corrected chi connectivity index (χ3v) is 3.83. The maximum absolute atomic E-state index is 5.90. The molecule has 124 valence electrons. The Balaban J connectivity index is 0.00000242. The molecule has 1 unspecified atom stereocenters. The second kappa shape index (κ2) is 10.3. The van der Waals surface area contributed by atoms with Crippen molar-refractivity contribution in [1.29, 1.82) is 0 Å². The van der Waals surface area contributed by atoms with Gasteiger partial charge in [-0.2, -0.15) is 0 Å². The summed E-state index contributed by atoms with van der Waals surface area (Å²) in [5, 5.41) is 4.10. The molecule has 6 heteroatoms. The summed E-state index contributed by atoms with van der Waals surface area (Å²) >= 11 is 5.90. The first kappa shape index (κ1) is 19.5. The van der Waals surface area contributed by atoms with Crippen molar-refractivity contribution in [3.8, 4) is 0 Å². The number of nitrogens with zero attached hydrogens (tertiary/aromatic N) is 2. The monoisotopic (exact) mass is 437 g/mol. The minimum atomic E-state index is 0. The van der Waals surface area contributed by atoms with Crippen LogP contribution in [0.1, 0.15) is 18.9 Å². The fourth-order valence-corrected chi connectivity index (χ4v) is 2.55. The topological polar surface area (TPSA) is 36.9 Å². The number of ether oxygens (including phenoxy) is 1. The lowest BCUT2D eigenvalue weighted by Gasteiger charge is -2.24. The van der Waals surface area contributed by atoms with E-state index < -0.39 is 0 Å². The van der Waals surface area contributed by atoms with Crippen LogP contribution in [0.5, 0.6) is 0 Å². The summed E-state index contributed by atoms with van der Waals surface area (Å²) in [6.07, 6.45) is 1.14. The zero-order chi connectivity index (χ0) is 15.1. The Morgan fingerprint density at radius 3 is 2.73 bits per heavy atom. The van der Waals surface area contributed by atoms with Gasteiger partial charge in [0.25, 0.3) is 0 Å². The Kier molecular flexibility index (Phi) is 9.12. The molecule has 0 radical (unpaired) electrons. The Labute approximate surface area is 155 Å². The average Bonchev–Trinajstić information content (AvgIpc) is 2.98. The van der Waals surface area contributed by atoms with E-state index in [1.165, 1.54) is 0 Å². The third kappa shape index (κ3) is 6.30. The third-order valence-electron chi connectivity index (χ3n) is 3.58. The minimum Gasteiger partial charge on any atom is -0.381 e. The zero-order valence-corrected chi connectivity index (χ0v) is 16.3. The van der Waals surface area contributed by atoms with Gasteiger partial charge in [-0.1, -0.05) is 23.7 Å². The van der Waals surface area contributed by atoms with Gasteiger partial charge in [-0.15, -0.1) is 24.0 Å². The fraction of sp³-hybridized carbons (Fsp3) is 0.562. The molecular formula is C16H25ClIN3O. The highest BCUT2D eigenvalue weighted by atomic mass is 127. The van der Waals surface area contributed by atoms with Crippen molar-refractivity contribution in [3.63, 3.8) is 0 Å². The second-order valence-electron chi connectivity index (χ2n) is 5.41. The number of hydrogen-bond donors (Lipinski definition) is 1. The number of halogens is 2. The van der Waals surface area contributed by atoms with Crippen LogP contribution in [-0.2, 0) is 11.3 Å². The summed E-state index contributed by atoms with van der Waals surface area (Å²) in [5.41, 5.74) is 1.16. The first-order valence-corrected chi connectivity index (χ1v) is 7.88. The van der Waals surface area contributed by atoms with Crippen molar-refractivity contribution in [1.82, 2.24) is 10.2 Å². The molecule has 1 heterocycles. The second-order valence-corrected chi connectivity index (χ2v) is 5.84. The fourth-order valence-electron chi connectivity index (χ4n) is 2.43. The Bertz CT molecular complexity index is 461. The van der Waals surface area contributed by atoms with Gasteiger partial charge in [0.1, 0.15) is 0 Å². The number of guanidine groups is 1. The maximum atomic E-state index is 5.90. The molecule has 1 N–H and O–H groups in total. The Hall–Kier alpha value is -0.530. The van der Waals surface area contributed by atoms with Gasteiger partial charge in [-0.05, 0) is 31.0 Å². The molecule has 1 aliphatic heterocycles. The van der Waals surface area contributed by atoms with Gasteiger partial charge >= 0.3 is 0 Å². The minimum absolute atomic E-state index is 0. The molecule has 0 bridgehead atoms. The normalized spacial score (nSPS) is 18.0. The summed E-state index contributed by atoms with van der Waals surface area (Å²) < 4.78 is 5.44. The molecular weight excluding hydrogens is 413 g/mol. The van der Waals surface area contributed by atoms with E-state index in [1.54, 1.807) is 0 Å². The quantitative estimate of drug-likeness (QED) is 0.436. The van der Waals surface area contributed by atoms with Gasteiger partial charge in [0, 0.05) is 37.7 Å². The van der Waals surface area contributed by atoms with E-state index >= 15 is 0 Å². The highest BCUT2D eigenvalue weighted by Gasteiger charge is 2.18. The molecule has 0 saturated carbocycles. The van der Waals surface area contributed by atoms with Gasteiger partial charge < -0.3 is 15.0 Å². The van der Waals surface area contributed by atoms with E-state index in [0.717, 1.165) is 49.3 Å². The standard InChI is InChI=1S/C16H24ClN3O.HI/c1-3-18-16(20(2)11-14-8-9-21-12-14)19-10-13-4-6-15(17)7-5-13;/h4-7,14H,3,8-12H2,1-2H3,(H,18,19);1H. The van der Waals surface area contributed by atoms with Crippen molar-refractivity contribution in [2.75, 3.05) is 33.4 Å². The molecule has 22 heavy (non-hydrogen) atoms. The van der Waals surface area contributed by atoms with Crippen LogP contribution < -0.4 is 5.32 Å². The van der Waals surface area contributed by atoms with E-state index in [4.69, 9.17) is 21.3 Å². The van der Waals surface area contributed by atoms with Crippen LogP contribution >= 0.6 is 35.6 Å². The summed E-state index contributed by atoms with van der Waals surface area (Å²) in [7, 11) is 2.08. The largest absolute Gasteiger partial charge is 0.381 e. The Morgan fingerprint density at radius 1 is 1.41 bits per heavy atom. The lowest BCUT2D eigenvalue weighted by Crippen LogP contribution is -2.41. The first-order chi connectivity index (χ1) is 10.2. The molecule has 2 rings (SSSR count). The Morgan fingerprint density at radius 2 is 2.14 bits per heavy atom. The lowest BCUT2D eigenvalue weighted by atomic mass is 10.1. The van der Waals surface area contributed by atoms with E-state index in [2.05, 4.69) is 24.2 Å². The smallest absolute Gasteiger partial charge is 0.193 e. The predicted molar refractivity (Wildman–Crippen MR) is 103 cm³/mol. The van der Waals surface area contributed by atoms with Gasteiger partial charge in [0.15, 0.2) is 5.96 Å². The number of nitrogens with one attached hydrogen (secondary N) is 1. The zero-order valence-electron chi connectivity index (χ0n) is 13.2. The SMILES string of the molecule is CCNC(=NCc1ccc(Cl)cc1)N(C)CC1CCOC1.I. The molecule has 0 spiro atoms. The van der Waals surface area contributed by atoms with Crippen molar-refractivity contribution in [2.45, 2.75) is 19.9 Å². The molecule has 4 nitrogen and oxygen atoms in total. The molecule has 0 aliphatic carbocycles. The highest BCUT2D eigenvalue weighted by molar-refractivity contribution is 14.0. The van der Waals surface area contributed by atoms with Crippen molar-refractivity contribution in [3.05, 3.63) is 34.9 Å². The maximum Gasteiger partial charge on any atom is 0.193 e. The van der Waals surface area contributed by atoms with E-state index in [9.17, 15) is 0 Å². The van der Waals surface area contributed by atoms with Crippen molar-refractivity contribution >= 4 is 41.5 Å². The van der Waals surface area contributed by atoms with Crippen LogP contribution in [0.4, 0.5) is 0 Å². The number of benzene rings is 1. The van der Waals surface area contributed by atoms with Crippen LogP contribution in [-0.4, -0.2) is 44.2 Å². The van der Waals surface area contributed by atoms with Gasteiger partial charge in [0.05, 0.1) is 13.2 Å². The van der Waals surface area contributed by atoms with Crippen molar-refractivity contribution in [2.24, 2.45) is 10.9 Å². The molecule has 1 aromatic rings. The lowest BCUT2D eigenvalue weighted by molar-refractivity contribution is 0.181. The van der Waals surface area contributed by atoms with Gasteiger partial charge in [0.2, 0.25) is 0 Å². The highest BCUT2D eigenvalue weighted by Crippen LogP contribution is 2.14. The molecule has 1 atom stereocenters. The van der Waals surface area contributed by atoms with Gasteiger partial charge in [-0.25, -0.2) is 4.99 Å². The number of hydrogen-bond acceptors (Lipinski definition) is 2. The van der Waals surface area contributed by atoms with Crippen molar-refractivity contribution < 1.29 is 4.74 Å². The molecule has 0 amide bonds. The molecule has 1 aliphatic rings. The summed E-state index contributed by atoms with van der Waals surface area (Å²) in [6, 6.07) is 7.83. The number of rotatable bonds is 5. The van der Waals surface area contributed by atoms with Crippen LogP contribution in [0.3, 0.4) is 0 Å². The predicted octanol–water partition coefficient (Wildman–Crippen LogP) is 3.39. The molecule has 1 fully saturated rings.